The molecule has 0 heterocycles. The maximum atomic E-state index is 6.03. The molecule has 0 bridgehead atoms. The Hall–Kier alpha value is -0.340. The lowest BCUT2D eigenvalue weighted by Crippen LogP contribution is -2.31. The normalized spacial score (nSPS) is 32.5. The zero-order valence-corrected chi connectivity index (χ0v) is 13.5. The second-order valence-corrected chi connectivity index (χ2v) is 7.22. The monoisotopic (exact) mass is 266 g/mol. The maximum absolute atomic E-state index is 6.03. The van der Waals surface area contributed by atoms with E-state index in [4.69, 9.17) is 9.47 Å². The van der Waals surface area contributed by atoms with Gasteiger partial charge in [0.15, 0.2) is 0 Å². The molecule has 19 heavy (non-hydrogen) atoms. The SMILES string of the molecule is CCOCOC1CCCC2=C1C(C)(C)C(C)C2(C)C. The summed E-state index contributed by atoms with van der Waals surface area (Å²) < 4.78 is 11.4. The maximum Gasteiger partial charge on any atom is 0.147 e. The average Bonchev–Trinajstić information content (AvgIpc) is 2.50. The molecule has 2 nitrogen and oxygen atoms in total. The molecule has 0 spiro atoms. The first-order valence-electron chi connectivity index (χ1n) is 7.76. The van der Waals surface area contributed by atoms with Gasteiger partial charge in [-0.25, -0.2) is 0 Å². The summed E-state index contributed by atoms with van der Waals surface area (Å²) in [6.45, 7) is 15.2. The third-order valence-corrected chi connectivity index (χ3v) is 5.73. The molecule has 110 valence electrons. The van der Waals surface area contributed by atoms with Crippen LogP contribution in [0.1, 0.15) is 60.8 Å². The molecule has 0 radical (unpaired) electrons. The van der Waals surface area contributed by atoms with E-state index in [2.05, 4.69) is 34.6 Å². The Labute approximate surface area is 118 Å². The van der Waals surface area contributed by atoms with Crippen LogP contribution in [0.3, 0.4) is 0 Å². The summed E-state index contributed by atoms with van der Waals surface area (Å²) in [5.74, 6) is 0.668. The van der Waals surface area contributed by atoms with Crippen molar-refractivity contribution in [2.24, 2.45) is 16.7 Å². The minimum Gasteiger partial charge on any atom is -0.356 e. The zero-order valence-electron chi connectivity index (χ0n) is 13.5. The third kappa shape index (κ3) is 2.38. The van der Waals surface area contributed by atoms with Crippen LogP contribution in [0.4, 0.5) is 0 Å². The van der Waals surface area contributed by atoms with Crippen molar-refractivity contribution in [3.05, 3.63) is 11.1 Å². The van der Waals surface area contributed by atoms with Gasteiger partial charge < -0.3 is 9.47 Å². The molecule has 0 aromatic heterocycles. The summed E-state index contributed by atoms with van der Waals surface area (Å²) in [5, 5.41) is 0. The van der Waals surface area contributed by atoms with E-state index in [1.54, 1.807) is 11.1 Å². The highest BCUT2D eigenvalue weighted by Crippen LogP contribution is 2.61. The predicted octanol–water partition coefficient (Wildman–Crippen LogP) is 4.55. The summed E-state index contributed by atoms with van der Waals surface area (Å²) in [4.78, 5) is 0. The van der Waals surface area contributed by atoms with E-state index >= 15 is 0 Å². The molecule has 0 amide bonds. The first-order valence-corrected chi connectivity index (χ1v) is 7.76. The van der Waals surface area contributed by atoms with Crippen molar-refractivity contribution >= 4 is 0 Å². The standard InChI is InChI=1S/C17H30O2/c1-7-18-11-19-14-10-8-9-13-15(14)17(5,6)12(2)16(13,3)4/h12,14H,7-11H2,1-6H3. The first-order chi connectivity index (χ1) is 8.83. The summed E-state index contributed by atoms with van der Waals surface area (Å²) >= 11 is 0. The van der Waals surface area contributed by atoms with Gasteiger partial charge in [0.1, 0.15) is 6.79 Å². The Morgan fingerprint density at radius 3 is 2.47 bits per heavy atom. The molecule has 2 heteroatoms. The average molecular weight is 266 g/mol. The molecular weight excluding hydrogens is 236 g/mol. The lowest BCUT2D eigenvalue weighted by molar-refractivity contribution is -0.0830. The van der Waals surface area contributed by atoms with Crippen molar-refractivity contribution in [2.45, 2.75) is 66.9 Å². The quantitative estimate of drug-likeness (QED) is 0.422. The first kappa shape index (κ1) is 15.1. The highest BCUT2D eigenvalue weighted by Gasteiger charge is 2.52. The van der Waals surface area contributed by atoms with Gasteiger partial charge in [-0.15, -0.1) is 0 Å². The molecule has 0 N–H and O–H groups in total. The molecular formula is C17H30O2. The molecule has 0 aliphatic heterocycles. The molecule has 2 atom stereocenters. The van der Waals surface area contributed by atoms with Crippen LogP contribution in [0.5, 0.6) is 0 Å². The van der Waals surface area contributed by atoms with Gasteiger partial charge in [0, 0.05) is 6.61 Å². The van der Waals surface area contributed by atoms with E-state index in [0.29, 0.717) is 18.1 Å². The van der Waals surface area contributed by atoms with E-state index in [0.717, 1.165) is 13.0 Å². The van der Waals surface area contributed by atoms with Crippen molar-refractivity contribution in [3.63, 3.8) is 0 Å². The second-order valence-electron chi connectivity index (χ2n) is 7.22. The number of ether oxygens (including phenoxy) is 2. The second kappa shape index (κ2) is 5.21. The lowest BCUT2D eigenvalue weighted by Gasteiger charge is -2.36. The Morgan fingerprint density at radius 1 is 1.16 bits per heavy atom. The van der Waals surface area contributed by atoms with Crippen molar-refractivity contribution < 1.29 is 9.47 Å². The summed E-state index contributed by atoms with van der Waals surface area (Å²) in [6, 6.07) is 0. The Kier molecular flexibility index (Phi) is 4.13. The highest BCUT2D eigenvalue weighted by atomic mass is 16.7. The molecule has 0 aromatic rings. The minimum atomic E-state index is 0.246. The Balaban J connectivity index is 2.27. The molecule has 0 aromatic carbocycles. The minimum absolute atomic E-state index is 0.246. The molecule has 2 rings (SSSR count). The van der Waals surface area contributed by atoms with Gasteiger partial charge in [-0.2, -0.15) is 0 Å². The van der Waals surface area contributed by atoms with Crippen molar-refractivity contribution in [1.82, 2.24) is 0 Å². The molecule has 0 saturated heterocycles. The fraction of sp³-hybridized carbons (Fsp3) is 0.882. The Bertz CT molecular complexity index is 365. The van der Waals surface area contributed by atoms with Gasteiger partial charge >= 0.3 is 0 Å². The van der Waals surface area contributed by atoms with Gasteiger partial charge in [-0.1, -0.05) is 40.2 Å². The van der Waals surface area contributed by atoms with Gasteiger partial charge in [0.05, 0.1) is 6.10 Å². The molecule has 2 aliphatic carbocycles. The fourth-order valence-electron chi connectivity index (χ4n) is 4.19. The van der Waals surface area contributed by atoms with E-state index in [1.807, 2.05) is 6.92 Å². The molecule has 0 saturated carbocycles. The lowest BCUT2D eigenvalue weighted by atomic mass is 9.69. The number of hydrogen-bond acceptors (Lipinski definition) is 2. The molecule has 0 fully saturated rings. The predicted molar refractivity (Wildman–Crippen MR) is 79.0 cm³/mol. The van der Waals surface area contributed by atoms with Crippen LogP contribution in [0.15, 0.2) is 11.1 Å². The summed E-state index contributed by atoms with van der Waals surface area (Å²) in [6.07, 6.45) is 3.93. The number of rotatable bonds is 4. The smallest absolute Gasteiger partial charge is 0.147 e. The third-order valence-electron chi connectivity index (χ3n) is 5.73. The van der Waals surface area contributed by atoms with E-state index in [9.17, 15) is 0 Å². The van der Waals surface area contributed by atoms with E-state index in [-0.39, 0.29) is 11.5 Å². The van der Waals surface area contributed by atoms with Crippen LogP contribution in [0.2, 0.25) is 0 Å². The number of hydrogen-bond donors (Lipinski definition) is 0. The fourth-order valence-corrected chi connectivity index (χ4v) is 4.19. The van der Waals surface area contributed by atoms with Crippen LogP contribution in [-0.4, -0.2) is 19.5 Å². The van der Waals surface area contributed by atoms with Crippen LogP contribution >= 0.6 is 0 Å². The van der Waals surface area contributed by atoms with Crippen LogP contribution in [-0.2, 0) is 9.47 Å². The van der Waals surface area contributed by atoms with E-state index in [1.165, 1.54) is 12.8 Å². The Morgan fingerprint density at radius 2 is 1.84 bits per heavy atom. The molecule has 2 aliphatic rings. The summed E-state index contributed by atoms with van der Waals surface area (Å²) in [7, 11) is 0. The highest BCUT2D eigenvalue weighted by molar-refractivity contribution is 5.39. The van der Waals surface area contributed by atoms with Gasteiger partial charge in [-0.05, 0) is 48.5 Å². The van der Waals surface area contributed by atoms with Gasteiger partial charge in [0.2, 0.25) is 0 Å². The van der Waals surface area contributed by atoms with Gasteiger partial charge in [-0.3, -0.25) is 0 Å². The topological polar surface area (TPSA) is 18.5 Å². The zero-order chi connectivity index (χ0) is 14.3. The molecule has 2 unspecified atom stereocenters. The van der Waals surface area contributed by atoms with Gasteiger partial charge in [0.25, 0.3) is 0 Å². The van der Waals surface area contributed by atoms with Crippen molar-refractivity contribution in [3.8, 4) is 0 Å². The largest absolute Gasteiger partial charge is 0.356 e. The van der Waals surface area contributed by atoms with Crippen LogP contribution in [0, 0.1) is 16.7 Å². The van der Waals surface area contributed by atoms with Crippen molar-refractivity contribution in [1.29, 1.82) is 0 Å². The van der Waals surface area contributed by atoms with E-state index < -0.39 is 0 Å². The van der Waals surface area contributed by atoms with Crippen LogP contribution < -0.4 is 0 Å². The summed E-state index contributed by atoms with van der Waals surface area (Å²) in [5.41, 5.74) is 3.80. The van der Waals surface area contributed by atoms with Crippen LogP contribution in [0.25, 0.3) is 0 Å². The van der Waals surface area contributed by atoms with Crippen molar-refractivity contribution in [2.75, 3.05) is 13.4 Å². The number of allylic oxidation sites excluding steroid dienone is 1.